The second-order valence-corrected chi connectivity index (χ2v) is 23.8. The van der Waals surface area contributed by atoms with Crippen LogP contribution in [0.5, 0.6) is 0 Å². The second-order valence-electron chi connectivity index (χ2n) is 23.8. The van der Waals surface area contributed by atoms with Crippen molar-refractivity contribution in [2.45, 2.75) is 78.6 Å². The minimum Gasteiger partial charge on any atom is -0.454 e. The first kappa shape index (κ1) is 43.7. The standard InChI is InChI=1S/C68H58BN3O/c1-66(2,3)43-26-30-46(31-27-43)70(47-32-28-44(29-33-47)67(4,5)6)48-34-36-57-56(40-48)69-62-53(54-38-45(68(7,8)9)39-55-61-49-19-12-10-17-41(49)25-35-58(61)72(69)63(54)55)37-42-18-11-13-20-50(42)64(62)71(57)59-23-16-22-52-51-21-14-15-24-60(51)73-65(52)59/h10-40H,1-9H3. The van der Waals surface area contributed by atoms with Gasteiger partial charge in [0.1, 0.15) is 5.58 Å². The van der Waals surface area contributed by atoms with Crippen molar-refractivity contribution >= 4 is 117 Å². The van der Waals surface area contributed by atoms with Gasteiger partial charge in [-0.25, -0.2) is 0 Å². The molecular formula is C68H58BN3O. The van der Waals surface area contributed by atoms with E-state index in [4.69, 9.17) is 4.42 Å². The Morgan fingerprint density at radius 1 is 0.438 bits per heavy atom. The van der Waals surface area contributed by atoms with Crippen molar-refractivity contribution in [3.8, 4) is 11.1 Å². The molecule has 0 saturated heterocycles. The molecule has 4 nitrogen and oxygen atoms in total. The third-order valence-electron chi connectivity index (χ3n) is 16.2. The third-order valence-corrected chi connectivity index (χ3v) is 16.2. The molecule has 0 amide bonds. The van der Waals surface area contributed by atoms with E-state index in [1.807, 2.05) is 0 Å². The molecule has 10 aromatic carbocycles. The second kappa shape index (κ2) is 15.3. The van der Waals surface area contributed by atoms with E-state index >= 15 is 0 Å². The smallest absolute Gasteiger partial charge is 0.333 e. The van der Waals surface area contributed by atoms with Gasteiger partial charge in [-0.1, -0.05) is 172 Å². The number of aromatic nitrogens is 1. The van der Waals surface area contributed by atoms with Crippen LogP contribution in [-0.4, -0.2) is 11.3 Å². The minimum atomic E-state index is -0.182. The average Bonchev–Trinajstić information content (AvgIpc) is 3.94. The summed E-state index contributed by atoms with van der Waals surface area (Å²) in [6.07, 6.45) is 0. The van der Waals surface area contributed by atoms with Crippen molar-refractivity contribution in [3.63, 3.8) is 0 Å². The topological polar surface area (TPSA) is 24.6 Å². The minimum absolute atomic E-state index is 0.0199. The molecule has 0 N–H and O–H groups in total. The fourth-order valence-electron chi connectivity index (χ4n) is 12.4. The zero-order valence-corrected chi connectivity index (χ0v) is 43.2. The summed E-state index contributed by atoms with van der Waals surface area (Å²) in [5.41, 5.74) is 20.0. The van der Waals surface area contributed by atoms with Gasteiger partial charge in [-0.15, -0.1) is 0 Å². The summed E-state index contributed by atoms with van der Waals surface area (Å²) in [5, 5.41) is 9.80. The van der Waals surface area contributed by atoms with E-state index in [1.165, 1.54) is 87.8 Å². The Balaban J connectivity index is 1.14. The van der Waals surface area contributed by atoms with Crippen LogP contribution in [-0.2, 0) is 16.2 Å². The Morgan fingerprint density at radius 3 is 1.73 bits per heavy atom. The maximum absolute atomic E-state index is 7.01. The van der Waals surface area contributed by atoms with Crippen LogP contribution in [0.15, 0.2) is 192 Å². The fourth-order valence-corrected chi connectivity index (χ4v) is 12.4. The van der Waals surface area contributed by atoms with Crippen molar-refractivity contribution in [1.29, 1.82) is 0 Å². The van der Waals surface area contributed by atoms with Gasteiger partial charge >= 0.3 is 6.85 Å². The largest absolute Gasteiger partial charge is 0.454 e. The summed E-state index contributed by atoms with van der Waals surface area (Å²) in [7, 11) is 0. The van der Waals surface area contributed by atoms with E-state index in [2.05, 4.69) is 265 Å². The molecule has 0 saturated carbocycles. The van der Waals surface area contributed by atoms with Gasteiger partial charge in [0.15, 0.2) is 5.58 Å². The lowest BCUT2D eigenvalue weighted by molar-refractivity contribution is 0.590. The molecule has 12 aromatic rings. The van der Waals surface area contributed by atoms with E-state index in [9.17, 15) is 0 Å². The van der Waals surface area contributed by atoms with Gasteiger partial charge in [0, 0.05) is 66.3 Å². The third kappa shape index (κ3) is 6.47. The van der Waals surface area contributed by atoms with Crippen LogP contribution in [0.2, 0.25) is 0 Å². The van der Waals surface area contributed by atoms with Gasteiger partial charge in [0.2, 0.25) is 0 Å². The Hall–Kier alpha value is -8.02. The van der Waals surface area contributed by atoms with Crippen LogP contribution >= 0.6 is 0 Å². The predicted molar refractivity (Wildman–Crippen MR) is 313 cm³/mol. The zero-order chi connectivity index (χ0) is 49.9. The van der Waals surface area contributed by atoms with Gasteiger partial charge in [-0.05, 0) is 144 Å². The first-order valence-electron chi connectivity index (χ1n) is 26.0. The van der Waals surface area contributed by atoms with Crippen LogP contribution in [0.1, 0.15) is 79.0 Å². The monoisotopic (exact) mass is 943 g/mol. The number of hydrogen-bond acceptors (Lipinski definition) is 3. The summed E-state index contributed by atoms with van der Waals surface area (Å²) in [4.78, 5) is 5.02. The first-order valence-corrected chi connectivity index (χ1v) is 26.0. The molecule has 0 aliphatic carbocycles. The highest BCUT2D eigenvalue weighted by Crippen LogP contribution is 2.52. The van der Waals surface area contributed by atoms with E-state index in [1.54, 1.807) is 0 Å². The highest BCUT2D eigenvalue weighted by Gasteiger charge is 2.45. The van der Waals surface area contributed by atoms with Gasteiger partial charge in [-0.2, -0.15) is 0 Å². The Bertz CT molecular complexity index is 4210. The molecule has 0 unspecified atom stereocenters. The molecule has 2 aromatic heterocycles. The molecule has 2 aliphatic heterocycles. The number of para-hydroxylation sites is 2. The number of hydrogen-bond donors (Lipinski definition) is 0. The van der Waals surface area contributed by atoms with Crippen molar-refractivity contribution in [3.05, 3.63) is 205 Å². The van der Waals surface area contributed by atoms with Crippen molar-refractivity contribution in [2.75, 3.05) is 9.80 Å². The van der Waals surface area contributed by atoms with Crippen LogP contribution in [0.3, 0.4) is 0 Å². The lowest BCUT2D eigenvalue weighted by atomic mass is 9.44. The molecule has 14 rings (SSSR count). The molecular weight excluding hydrogens is 886 g/mol. The number of fused-ring (bicyclic) bond motifs is 14. The first-order chi connectivity index (χ1) is 35.1. The average molecular weight is 944 g/mol. The van der Waals surface area contributed by atoms with E-state index in [-0.39, 0.29) is 23.1 Å². The lowest BCUT2D eigenvalue weighted by Crippen LogP contribution is -2.56. The number of benzene rings is 10. The van der Waals surface area contributed by atoms with E-state index in [0.29, 0.717) is 0 Å². The summed E-state index contributed by atoms with van der Waals surface area (Å²) in [5.74, 6) is 0. The SMILES string of the molecule is CC(C)(C)c1ccc(N(c2ccc(C(C)(C)C)cc2)c2ccc3c(c2)B2c4c(cc5ccccc5c4N3c3cccc4c3oc3ccccc34)-c3cc(C(C)(C)C)cc4c5c6ccccc6ccc5n2c34)cc1. The Kier molecular flexibility index (Phi) is 9.14. The fraction of sp³-hybridized carbons (Fsp3) is 0.176. The maximum atomic E-state index is 7.01. The zero-order valence-electron chi connectivity index (χ0n) is 43.2. The van der Waals surface area contributed by atoms with Gasteiger partial charge < -0.3 is 18.7 Å². The summed E-state index contributed by atoms with van der Waals surface area (Å²) in [6.45, 7) is 20.6. The molecule has 0 atom stereocenters. The molecule has 73 heavy (non-hydrogen) atoms. The van der Waals surface area contributed by atoms with Gasteiger partial charge in [-0.3, -0.25) is 0 Å². The molecule has 0 fully saturated rings. The lowest BCUT2D eigenvalue weighted by Gasteiger charge is -2.42. The number of anilines is 6. The highest BCUT2D eigenvalue weighted by molar-refractivity contribution is 6.90. The van der Waals surface area contributed by atoms with Crippen LogP contribution in [0.25, 0.3) is 76.4 Å². The molecule has 0 spiro atoms. The number of furan rings is 1. The summed E-state index contributed by atoms with van der Waals surface area (Å²) >= 11 is 0. The van der Waals surface area contributed by atoms with Crippen molar-refractivity contribution in [2.24, 2.45) is 0 Å². The van der Waals surface area contributed by atoms with Crippen molar-refractivity contribution < 1.29 is 4.42 Å². The van der Waals surface area contributed by atoms with Gasteiger partial charge in [0.05, 0.1) is 11.4 Å². The summed E-state index contributed by atoms with van der Waals surface area (Å²) in [6, 6.07) is 71.1. The normalized spacial score (nSPS) is 13.5. The Labute approximate surface area is 428 Å². The molecule has 4 heterocycles. The van der Waals surface area contributed by atoms with Crippen molar-refractivity contribution in [1.82, 2.24) is 4.48 Å². The molecule has 354 valence electrons. The van der Waals surface area contributed by atoms with E-state index in [0.717, 1.165) is 50.4 Å². The molecule has 0 bridgehead atoms. The van der Waals surface area contributed by atoms with Crippen LogP contribution < -0.4 is 20.7 Å². The molecule has 5 heteroatoms. The Morgan fingerprint density at radius 2 is 1.04 bits per heavy atom. The molecule has 0 radical (unpaired) electrons. The van der Waals surface area contributed by atoms with Gasteiger partial charge in [0.25, 0.3) is 0 Å². The summed E-state index contributed by atoms with van der Waals surface area (Å²) < 4.78 is 9.73. The van der Waals surface area contributed by atoms with Crippen LogP contribution in [0.4, 0.5) is 34.1 Å². The highest BCUT2D eigenvalue weighted by atomic mass is 16.3. The molecule has 2 aliphatic rings. The maximum Gasteiger partial charge on any atom is 0.333 e. The predicted octanol–water partition coefficient (Wildman–Crippen LogP) is 17.8. The number of rotatable bonds is 4. The van der Waals surface area contributed by atoms with E-state index < -0.39 is 0 Å². The quantitative estimate of drug-likeness (QED) is 0.164. The number of nitrogens with zero attached hydrogens (tertiary/aromatic N) is 3. The van der Waals surface area contributed by atoms with Crippen LogP contribution in [0, 0.1) is 0 Å².